The normalized spacial score (nSPS) is 24.8. The minimum absolute atomic E-state index is 0.00741. The summed E-state index contributed by atoms with van der Waals surface area (Å²) in [6.07, 6.45) is 5.41. The summed E-state index contributed by atoms with van der Waals surface area (Å²) in [5, 5.41) is 12.1. The third-order valence-electron chi connectivity index (χ3n) is 4.25. The Morgan fingerprint density at radius 2 is 1.74 bits per heavy atom. The highest BCUT2D eigenvalue weighted by Gasteiger charge is 2.46. The molecule has 2 aliphatic rings. The number of ether oxygens (including phenoxy) is 1. The topological polar surface area (TPSA) is 88.2 Å². The van der Waals surface area contributed by atoms with Gasteiger partial charge in [0, 0.05) is 26.3 Å². The van der Waals surface area contributed by atoms with E-state index in [9.17, 15) is 4.79 Å². The van der Waals surface area contributed by atoms with Crippen LogP contribution in [0.2, 0.25) is 0 Å². The van der Waals surface area contributed by atoms with Crippen LogP contribution in [0.5, 0.6) is 0 Å². The Morgan fingerprint density at radius 1 is 1.16 bits per heavy atom. The first-order valence-electron chi connectivity index (χ1n) is 7.06. The smallest absolute Gasteiger partial charge is 0.236 e. The highest BCUT2D eigenvalue weighted by Crippen LogP contribution is 2.33. The number of amidine groups is 1. The van der Waals surface area contributed by atoms with Crippen molar-refractivity contribution in [2.75, 3.05) is 26.3 Å². The maximum atomic E-state index is 12.8. The van der Waals surface area contributed by atoms with Crippen LogP contribution in [0.15, 0.2) is 5.16 Å². The Bertz CT molecular complexity index is 343. The number of hydrogen-bond donors (Lipinski definition) is 2. The maximum absolute atomic E-state index is 12.8. The fourth-order valence-corrected chi connectivity index (χ4v) is 2.97. The molecule has 0 spiro atoms. The summed E-state index contributed by atoms with van der Waals surface area (Å²) >= 11 is 0. The van der Waals surface area contributed by atoms with Gasteiger partial charge in [0.2, 0.25) is 5.91 Å². The molecule has 0 unspecified atom stereocenters. The van der Waals surface area contributed by atoms with Gasteiger partial charge in [-0.25, -0.2) is 0 Å². The fraction of sp³-hybridized carbons (Fsp3) is 0.846. The summed E-state index contributed by atoms with van der Waals surface area (Å²) in [6, 6.07) is 0. The van der Waals surface area contributed by atoms with Gasteiger partial charge < -0.3 is 20.6 Å². The zero-order valence-electron chi connectivity index (χ0n) is 11.3. The average molecular weight is 269 g/mol. The standard InChI is InChI=1S/C13H23N3O3/c14-11(15-18)13(5-9-19-10-6-13)12(17)16-7-3-1-2-4-8-16/h18H,1-10H2,(H2,14,15). The minimum Gasteiger partial charge on any atom is -0.409 e. The van der Waals surface area contributed by atoms with Crippen molar-refractivity contribution in [2.45, 2.75) is 38.5 Å². The molecular formula is C13H23N3O3. The highest BCUT2D eigenvalue weighted by atomic mass is 16.5. The second-order valence-electron chi connectivity index (χ2n) is 5.39. The van der Waals surface area contributed by atoms with Crippen LogP contribution < -0.4 is 5.73 Å². The Morgan fingerprint density at radius 3 is 2.26 bits per heavy atom. The monoisotopic (exact) mass is 269 g/mol. The van der Waals surface area contributed by atoms with Gasteiger partial charge >= 0.3 is 0 Å². The van der Waals surface area contributed by atoms with Crippen LogP contribution in [0.25, 0.3) is 0 Å². The van der Waals surface area contributed by atoms with E-state index >= 15 is 0 Å². The fourth-order valence-electron chi connectivity index (χ4n) is 2.97. The molecule has 2 aliphatic heterocycles. The molecule has 0 aromatic carbocycles. The molecule has 2 fully saturated rings. The molecule has 0 radical (unpaired) electrons. The number of carbonyl (C=O) groups is 1. The van der Waals surface area contributed by atoms with Gasteiger partial charge in [-0.15, -0.1) is 0 Å². The molecule has 2 heterocycles. The molecule has 19 heavy (non-hydrogen) atoms. The summed E-state index contributed by atoms with van der Waals surface area (Å²) in [6.45, 7) is 2.52. The van der Waals surface area contributed by atoms with Gasteiger partial charge in [0.05, 0.1) is 0 Å². The minimum atomic E-state index is -0.864. The number of nitrogens with two attached hydrogens (primary N) is 1. The average Bonchev–Trinajstić information content (AvgIpc) is 2.75. The molecule has 3 N–H and O–H groups in total. The lowest BCUT2D eigenvalue weighted by molar-refractivity contribution is -0.142. The molecule has 0 saturated carbocycles. The van der Waals surface area contributed by atoms with Crippen LogP contribution in [0.4, 0.5) is 0 Å². The third-order valence-corrected chi connectivity index (χ3v) is 4.25. The summed E-state index contributed by atoms with van der Waals surface area (Å²) in [4.78, 5) is 14.7. The molecule has 0 aromatic heterocycles. The zero-order valence-corrected chi connectivity index (χ0v) is 11.3. The first-order chi connectivity index (χ1) is 9.20. The van der Waals surface area contributed by atoms with E-state index in [2.05, 4.69) is 5.16 Å². The van der Waals surface area contributed by atoms with E-state index in [0.29, 0.717) is 26.1 Å². The molecule has 0 atom stereocenters. The number of carbonyl (C=O) groups excluding carboxylic acids is 1. The molecule has 0 aliphatic carbocycles. The predicted octanol–water partition coefficient (Wildman–Crippen LogP) is 0.932. The van der Waals surface area contributed by atoms with Crippen molar-refractivity contribution in [3.05, 3.63) is 0 Å². The molecule has 108 valence electrons. The van der Waals surface area contributed by atoms with Gasteiger partial charge in [-0.2, -0.15) is 0 Å². The summed E-state index contributed by atoms with van der Waals surface area (Å²) < 4.78 is 5.32. The van der Waals surface area contributed by atoms with Crippen LogP contribution >= 0.6 is 0 Å². The molecule has 2 rings (SSSR count). The second kappa shape index (κ2) is 6.23. The quantitative estimate of drug-likeness (QED) is 0.338. The first-order valence-corrected chi connectivity index (χ1v) is 7.06. The van der Waals surface area contributed by atoms with Gasteiger partial charge in [0.25, 0.3) is 0 Å². The van der Waals surface area contributed by atoms with E-state index in [1.165, 1.54) is 12.8 Å². The Hall–Kier alpha value is -1.30. The zero-order chi connectivity index (χ0) is 13.7. The van der Waals surface area contributed by atoms with E-state index in [-0.39, 0.29) is 11.7 Å². The second-order valence-corrected chi connectivity index (χ2v) is 5.39. The van der Waals surface area contributed by atoms with Gasteiger partial charge in [0.15, 0.2) is 5.84 Å². The number of rotatable bonds is 2. The van der Waals surface area contributed by atoms with E-state index in [1.54, 1.807) is 0 Å². The molecule has 2 saturated heterocycles. The number of nitrogens with zero attached hydrogens (tertiary/aromatic N) is 2. The molecule has 0 bridgehead atoms. The Balaban J connectivity index is 2.19. The first kappa shape index (κ1) is 14.1. The van der Waals surface area contributed by atoms with Crippen LogP contribution in [-0.4, -0.2) is 48.2 Å². The number of hydrogen-bond acceptors (Lipinski definition) is 4. The highest BCUT2D eigenvalue weighted by molar-refractivity contribution is 6.06. The van der Waals surface area contributed by atoms with Crippen LogP contribution in [0.1, 0.15) is 38.5 Å². The summed E-state index contributed by atoms with van der Waals surface area (Å²) in [5.74, 6) is 0.0399. The molecule has 1 amide bonds. The molecular weight excluding hydrogens is 246 g/mol. The largest absolute Gasteiger partial charge is 0.409 e. The van der Waals surface area contributed by atoms with Gasteiger partial charge in [-0.05, 0) is 25.7 Å². The van der Waals surface area contributed by atoms with E-state index in [0.717, 1.165) is 25.9 Å². The molecule has 0 aromatic rings. The van der Waals surface area contributed by atoms with E-state index < -0.39 is 5.41 Å². The van der Waals surface area contributed by atoms with Crippen molar-refractivity contribution in [2.24, 2.45) is 16.3 Å². The van der Waals surface area contributed by atoms with Crippen LogP contribution in [0, 0.1) is 5.41 Å². The van der Waals surface area contributed by atoms with Crippen molar-refractivity contribution in [1.29, 1.82) is 0 Å². The lowest BCUT2D eigenvalue weighted by Crippen LogP contribution is -2.54. The molecule has 6 heteroatoms. The van der Waals surface area contributed by atoms with E-state index in [4.69, 9.17) is 15.7 Å². The van der Waals surface area contributed by atoms with Crippen LogP contribution in [0.3, 0.4) is 0 Å². The van der Waals surface area contributed by atoms with Crippen molar-refractivity contribution in [3.63, 3.8) is 0 Å². The number of amides is 1. The number of oxime groups is 1. The summed E-state index contributed by atoms with van der Waals surface area (Å²) in [7, 11) is 0. The van der Waals surface area contributed by atoms with Crippen molar-refractivity contribution >= 4 is 11.7 Å². The Kier molecular flexibility index (Phi) is 4.63. The van der Waals surface area contributed by atoms with Crippen molar-refractivity contribution in [3.8, 4) is 0 Å². The van der Waals surface area contributed by atoms with E-state index in [1.807, 2.05) is 4.90 Å². The SMILES string of the molecule is NC(=NO)C1(C(=O)N2CCCCCC2)CCOCC1. The Labute approximate surface area is 113 Å². The van der Waals surface area contributed by atoms with Gasteiger partial charge in [0.1, 0.15) is 5.41 Å². The van der Waals surface area contributed by atoms with Crippen molar-refractivity contribution < 1.29 is 14.7 Å². The van der Waals surface area contributed by atoms with Crippen LogP contribution in [-0.2, 0) is 9.53 Å². The third kappa shape index (κ3) is 2.83. The lowest BCUT2D eigenvalue weighted by Gasteiger charge is -2.38. The predicted molar refractivity (Wildman–Crippen MR) is 70.9 cm³/mol. The maximum Gasteiger partial charge on any atom is 0.236 e. The van der Waals surface area contributed by atoms with Crippen molar-refractivity contribution in [1.82, 2.24) is 4.90 Å². The number of likely N-dealkylation sites (tertiary alicyclic amines) is 1. The summed E-state index contributed by atoms with van der Waals surface area (Å²) in [5.41, 5.74) is 4.96. The van der Waals surface area contributed by atoms with Gasteiger partial charge in [-0.3, -0.25) is 4.79 Å². The lowest BCUT2D eigenvalue weighted by atomic mass is 9.77. The molecule has 6 nitrogen and oxygen atoms in total. The van der Waals surface area contributed by atoms with Gasteiger partial charge in [-0.1, -0.05) is 18.0 Å².